The Morgan fingerprint density at radius 1 is 1.37 bits per heavy atom. The first-order valence-electron chi connectivity index (χ1n) is 5.76. The van der Waals surface area contributed by atoms with E-state index in [1.807, 2.05) is 0 Å². The third-order valence-corrected chi connectivity index (χ3v) is 2.84. The van der Waals surface area contributed by atoms with Crippen molar-refractivity contribution in [3.63, 3.8) is 0 Å². The van der Waals surface area contributed by atoms with E-state index < -0.39 is 12.0 Å². The predicted molar refractivity (Wildman–Crippen MR) is 69.7 cm³/mol. The number of aliphatic hydroxyl groups is 1. The van der Waals surface area contributed by atoms with Crippen molar-refractivity contribution in [2.75, 3.05) is 11.9 Å². The van der Waals surface area contributed by atoms with Crippen molar-refractivity contribution in [1.82, 2.24) is 4.98 Å². The second-order valence-corrected chi connectivity index (χ2v) is 4.64. The summed E-state index contributed by atoms with van der Waals surface area (Å²) < 4.78 is 25.0. The van der Waals surface area contributed by atoms with Crippen LogP contribution in [-0.2, 0) is 0 Å². The van der Waals surface area contributed by atoms with Crippen molar-refractivity contribution in [3.8, 4) is 0 Å². The molecule has 3 N–H and O–H groups in total. The summed E-state index contributed by atoms with van der Waals surface area (Å²) in [5, 5.41) is 13.0. The van der Waals surface area contributed by atoms with E-state index in [0.29, 0.717) is 11.2 Å². The molecule has 6 heteroatoms. The fourth-order valence-electron chi connectivity index (χ4n) is 1.62. The van der Waals surface area contributed by atoms with Crippen molar-refractivity contribution in [3.05, 3.63) is 40.7 Å². The highest BCUT2D eigenvalue weighted by atomic mass is 19.3. The second-order valence-electron chi connectivity index (χ2n) is 4.64. The van der Waals surface area contributed by atoms with Gasteiger partial charge in [-0.2, -0.15) is 0 Å². The zero-order valence-corrected chi connectivity index (χ0v) is 10.3. The van der Waals surface area contributed by atoms with Crippen molar-refractivity contribution >= 4 is 16.6 Å². The van der Waals surface area contributed by atoms with Gasteiger partial charge >= 0.3 is 0 Å². The van der Waals surface area contributed by atoms with Gasteiger partial charge in [0.1, 0.15) is 5.60 Å². The van der Waals surface area contributed by atoms with Gasteiger partial charge < -0.3 is 15.4 Å². The Morgan fingerprint density at radius 2 is 2.11 bits per heavy atom. The predicted octanol–water partition coefficient (Wildman–Crippen LogP) is 1.96. The van der Waals surface area contributed by atoms with Gasteiger partial charge in [-0.3, -0.25) is 4.79 Å². The number of aromatic nitrogens is 1. The van der Waals surface area contributed by atoms with Gasteiger partial charge in [-0.25, -0.2) is 8.78 Å². The quantitative estimate of drug-likeness (QED) is 0.794. The number of alkyl halides is 2. The van der Waals surface area contributed by atoms with E-state index in [1.165, 1.54) is 6.07 Å². The minimum absolute atomic E-state index is 0.200. The number of anilines is 1. The molecule has 19 heavy (non-hydrogen) atoms. The molecule has 2 rings (SSSR count). The number of aromatic amines is 1. The highest BCUT2D eigenvalue weighted by Gasteiger charge is 2.31. The smallest absolute Gasteiger partial charge is 0.268 e. The topological polar surface area (TPSA) is 65.1 Å². The Morgan fingerprint density at radius 3 is 2.79 bits per heavy atom. The maximum atomic E-state index is 12.5. The molecule has 0 saturated carbocycles. The number of halogens is 2. The molecule has 1 heterocycles. The van der Waals surface area contributed by atoms with Gasteiger partial charge in [-0.05, 0) is 31.2 Å². The Kier molecular flexibility index (Phi) is 3.53. The van der Waals surface area contributed by atoms with Crippen LogP contribution in [0.4, 0.5) is 14.5 Å². The molecule has 0 aliphatic rings. The molecule has 102 valence electrons. The van der Waals surface area contributed by atoms with Crippen LogP contribution in [0.2, 0.25) is 0 Å². The summed E-state index contributed by atoms with van der Waals surface area (Å²) in [6, 6.07) is 8.08. The van der Waals surface area contributed by atoms with Crippen LogP contribution in [0.3, 0.4) is 0 Å². The third kappa shape index (κ3) is 3.08. The maximum absolute atomic E-state index is 12.5. The highest BCUT2D eigenvalue weighted by Crippen LogP contribution is 2.19. The minimum Gasteiger partial charge on any atom is -0.382 e. The number of rotatable bonds is 4. The standard InChI is InChI=1S/C13H14F2N2O2/c1-13(19,12(14)15)7-16-9-3-4-10-8(6-9)2-5-11(18)17-10/h2-6,12,16,19H,7H2,1H3,(H,17,18). The first kappa shape index (κ1) is 13.5. The molecule has 1 atom stereocenters. The van der Waals surface area contributed by atoms with Crippen LogP contribution in [-0.4, -0.2) is 28.7 Å². The zero-order chi connectivity index (χ0) is 14.0. The number of H-pyrrole nitrogens is 1. The van der Waals surface area contributed by atoms with Crippen LogP contribution in [0.1, 0.15) is 6.92 Å². The normalized spacial score (nSPS) is 14.6. The van der Waals surface area contributed by atoms with Gasteiger partial charge in [-0.15, -0.1) is 0 Å². The minimum atomic E-state index is -2.82. The van der Waals surface area contributed by atoms with Gasteiger partial charge in [0, 0.05) is 29.2 Å². The zero-order valence-electron chi connectivity index (χ0n) is 10.3. The SMILES string of the molecule is CC(O)(CNc1ccc2[nH]c(=O)ccc2c1)C(F)F. The molecule has 2 aromatic rings. The summed E-state index contributed by atoms with van der Waals surface area (Å²) in [5.41, 5.74) is -1.02. The van der Waals surface area contributed by atoms with Crippen LogP contribution >= 0.6 is 0 Å². The Bertz CT molecular complexity index is 638. The van der Waals surface area contributed by atoms with Gasteiger partial charge in [-0.1, -0.05) is 0 Å². The molecule has 4 nitrogen and oxygen atoms in total. The van der Waals surface area contributed by atoms with Crippen LogP contribution in [0, 0.1) is 0 Å². The number of benzene rings is 1. The Hall–Kier alpha value is -1.95. The molecule has 0 saturated heterocycles. The van der Waals surface area contributed by atoms with E-state index in [9.17, 15) is 18.7 Å². The molecular formula is C13H14F2N2O2. The van der Waals surface area contributed by atoms with E-state index in [-0.39, 0.29) is 12.1 Å². The number of hydrogen-bond donors (Lipinski definition) is 3. The fraction of sp³-hybridized carbons (Fsp3) is 0.308. The number of fused-ring (bicyclic) bond motifs is 1. The summed E-state index contributed by atoms with van der Waals surface area (Å²) in [7, 11) is 0. The average Bonchev–Trinajstić information content (AvgIpc) is 2.36. The Balaban J connectivity index is 2.18. The second kappa shape index (κ2) is 4.97. The van der Waals surface area contributed by atoms with Crippen molar-refractivity contribution in [2.24, 2.45) is 0 Å². The van der Waals surface area contributed by atoms with Crippen LogP contribution in [0.15, 0.2) is 35.1 Å². The molecule has 1 aromatic heterocycles. The highest BCUT2D eigenvalue weighted by molar-refractivity contribution is 5.82. The third-order valence-electron chi connectivity index (χ3n) is 2.84. The van der Waals surface area contributed by atoms with Gasteiger partial charge in [0.05, 0.1) is 0 Å². The van der Waals surface area contributed by atoms with Gasteiger partial charge in [0.2, 0.25) is 5.56 Å². The summed E-state index contributed by atoms with van der Waals surface area (Å²) in [6.45, 7) is 0.808. The number of pyridine rings is 1. The number of hydrogen-bond acceptors (Lipinski definition) is 3. The Labute approximate surface area is 108 Å². The fourth-order valence-corrected chi connectivity index (χ4v) is 1.62. The maximum Gasteiger partial charge on any atom is 0.268 e. The van der Waals surface area contributed by atoms with Gasteiger partial charge in [0.15, 0.2) is 0 Å². The molecular weight excluding hydrogens is 254 g/mol. The first-order chi connectivity index (χ1) is 8.88. The lowest BCUT2D eigenvalue weighted by molar-refractivity contribution is -0.0732. The molecule has 0 aliphatic heterocycles. The van der Waals surface area contributed by atoms with E-state index in [2.05, 4.69) is 10.3 Å². The first-order valence-corrected chi connectivity index (χ1v) is 5.76. The summed E-state index contributed by atoms with van der Waals surface area (Å²) >= 11 is 0. The lowest BCUT2D eigenvalue weighted by atomic mass is 10.1. The monoisotopic (exact) mass is 268 g/mol. The lowest BCUT2D eigenvalue weighted by Crippen LogP contribution is -2.40. The average molecular weight is 268 g/mol. The molecule has 0 aliphatic carbocycles. The van der Waals surface area contributed by atoms with E-state index in [0.717, 1.165) is 12.3 Å². The molecule has 0 fully saturated rings. The molecule has 1 unspecified atom stereocenters. The summed E-state index contributed by atoms with van der Waals surface area (Å²) in [5.74, 6) is 0. The van der Waals surface area contributed by atoms with Crippen molar-refractivity contribution in [1.29, 1.82) is 0 Å². The molecule has 0 radical (unpaired) electrons. The van der Waals surface area contributed by atoms with Crippen LogP contribution in [0.25, 0.3) is 10.9 Å². The lowest BCUT2D eigenvalue weighted by Gasteiger charge is -2.23. The molecule has 0 bridgehead atoms. The van der Waals surface area contributed by atoms with Crippen LogP contribution in [0.5, 0.6) is 0 Å². The van der Waals surface area contributed by atoms with E-state index >= 15 is 0 Å². The van der Waals surface area contributed by atoms with E-state index in [4.69, 9.17) is 0 Å². The molecule has 1 aromatic carbocycles. The van der Waals surface area contributed by atoms with Crippen molar-refractivity contribution in [2.45, 2.75) is 19.0 Å². The van der Waals surface area contributed by atoms with Crippen molar-refractivity contribution < 1.29 is 13.9 Å². The number of nitrogens with one attached hydrogen (secondary N) is 2. The molecule has 0 spiro atoms. The molecule has 0 amide bonds. The van der Waals surface area contributed by atoms with Crippen LogP contribution < -0.4 is 10.9 Å². The van der Waals surface area contributed by atoms with E-state index in [1.54, 1.807) is 24.3 Å². The largest absolute Gasteiger partial charge is 0.382 e. The summed E-state index contributed by atoms with van der Waals surface area (Å²) in [6.07, 6.45) is -2.82. The summed E-state index contributed by atoms with van der Waals surface area (Å²) in [4.78, 5) is 13.8. The van der Waals surface area contributed by atoms with Gasteiger partial charge in [0.25, 0.3) is 6.43 Å².